The number of aliphatic carboxylic acids is 1. The van der Waals surface area contributed by atoms with E-state index in [-0.39, 0.29) is 11.8 Å². The van der Waals surface area contributed by atoms with Gasteiger partial charge in [0, 0.05) is 12.5 Å². The van der Waals surface area contributed by atoms with E-state index in [1.54, 1.807) is 4.90 Å². The number of nitrogens with zero attached hydrogens (tertiary/aromatic N) is 1. The third-order valence-corrected chi connectivity index (χ3v) is 5.96. The molecule has 1 aliphatic heterocycles. The second kappa shape index (κ2) is 6.37. The average Bonchev–Trinajstić information content (AvgIpc) is 2.53. The second-order valence-corrected chi connectivity index (χ2v) is 7.20. The van der Waals surface area contributed by atoms with Gasteiger partial charge < -0.3 is 10.0 Å². The summed E-state index contributed by atoms with van der Waals surface area (Å²) < 4.78 is 0. The van der Waals surface area contributed by atoms with Gasteiger partial charge in [0.2, 0.25) is 5.91 Å². The minimum absolute atomic E-state index is 0.0873. The third kappa shape index (κ3) is 3.09. The number of carbonyl (C=O) groups is 2. The number of hydrogen-bond acceptors (Lipinski definition) is 2. The van der Waals surface area contributed by atoms with Crippen LogP contribution in [0.1, 0.15) is 64.2 Å². The number of fused-ring (bicyclic) bond motifs is 1. The Hall–Kier alpha value is -1.06. The monoisotopic (exact) mass is 293 g/mol. The van der Waals surface area contributed by atoms with E-state index in [1.165, 1.54) is 32.1 Å². The zero-order valence-electron chi connectivity index (χ0n) is 12.8. The lowest BCUT2D eigenvalue weighted by Crippen LogP contribution is -2.51. The second-order valence-electron chi connectivity index (χ2n) is 7.20. The molecule has 3 rings (SSSR count). The zero-order valence-corrected chi connectivity index (χ0v) is 12.8. The number of piperidine rings is 1. The highest BCUT2D eigenvalue weighted by Gasteiger charge is 2.40. The number of carboxylic acid groups (broad SMARTS) is 1. The molecule has 1 saturated heterocycles. The third-order valence-electron chi connectivity index (χ3n) is 5.96. The lowest BCUT2D eigenvalue weighted by Gasteiger charge is -2.42. The summed E-state index contributed by atoms with van der Waals surface area (Å²) in [6, 6.07) is -0.574. The summed E-state index contributed by atoms with van der Waals surface area (Å²) in [5.41, 5.74) is 0. The van der Waals surface area contributed by atoms with E-state index in [9.17, 15) is 14.7 Å². The van der Waals surface area contributed by atoms with E-state index in [2.05, 4.69) is 0 Å². The topological polar surface area (TPSA) is 57.6 Å². The molecule has 3 unspecified atom stereocenters. The Kier molecular flexibility index (Phi) is 4.51. The van der Waals surface area contributed by atoms with Crippen LogP contribution in [0.4, 0.5) is 0 Å². The predicted molar refractivity (Wildman–Crippen MR) is 79.8 cm³/mol. The Bertz CT molecular complexity index is 409. The number of likely N-dealkylation sites (tertiary alicyclic amines) is 1. The highest BCUT2D eigenvalue weighted by atomic mass is 16.4. The van der Waals surface area contributed by atoms with Crippen LogP contribution in [0.25, 0.3) is 0 Å². The molecule has 21 heavy (non-hydrogen) atoms. The molecule has 0 aromatic rings. The van der Waals surface area contributed by atoms with Gasteiger partial charge in [-0.1, -0.05) is 25.7 Å². The Morgan fingerprint density at radius 2 is 1.57 bits per heavy atom. The summed E-state index contributed by atoms with van der Waals surface area (Å²) in [4.78, 5) is 25.9. The normalized spacial score (nSPS) is 36.9. The molecule has 1 N–H and O–H groups in total. The summed E-state index contributed by atoms with van der Waals surface area (Å²) in [7, 11) is 0. The van der Waals surface area contributed by atoms with Gasteiger partial charge in [0.25, 0.3) is 0 Å². The van der Waals surface area contributed by atoms with Crippen LogP contribution in [-0.4, -0.2) is 34.5 Å². The van der Waals surface area contributed by atoms with Crippen molar-refractivity contribution in [1.82, 2.24) is 4.90 Å². The van der Waals surface area contributed by atoms with Crippen molar-refractivity contribution in [2.75, 3.05) is 6.54 Å². The first-order chi connectivity index (χ1) is 10.2. The van der Waals surface area contributed by atoms with E-state index in [0.717, 1.165) is 37.5 Å². The first-order valence-corrected chi connectivity index (χ1v) is 8.70. The van der Waals surface area contributed by atoms with Crippen LogP contribution < -0.4 is 0 Å². The fourth-order valence-electron chi connectivity index (χ4n) is 4.78. The Labute approximate surface area is 126 Å². The van der Waals surface area contributed by atoms with Gasteiger partial charge in [-0.25, -0.2) is 4.79 Å². The maximum absolute atomic E-state index is 12.8. The molecule has 1 heterocycles. The van der Waals surface area contributed by atoms with Gasteiger partial charge in [-0.15, -0.1) is 0 Å². The minimum Gasteiger partial charge on any atom is -0.480 e. The van der Waals surface area contributed by atoms with Crippen LogP contribution in [-0.2, 0) is 9.59 Å². The molecule has 0 spiro atoms. The molecule has 0 aromatic heterocycles. The maximum atomic E-state index is 12.8. The number of carbonyl (C=O) groups excluding carboxylic acids is 1. The molecule has 2 aliphatic carbocycles. The molecule has 3 aliphatic rings. The molecular weight excluding hydrogens is 266 g/mol. The molecule has 3 fully saturated rings. The van der Waals surface area contributed by atoms with E-state index in [0.29, 0.717) is 13.0 Å². The smallest absolute Gasteiger partial charge is 0.326 e. The fourth-order valence-corrected chi connectivity index (χ4v) is 4.78. The largest absolute Gasteiger partial charge is 0.480 e. The minimum atomic E-state index is -0.825. The standard InChI is InChI=1S/C17H27NO3/c19-16(18-10-4-3-7-15(18)17(20)21)14-9-8-12-5-1-2-6-13(12)11-14/h12-15H,1-11H2,(H,20,21)/t12?,13?,14?,15-/m1/s1. The van der Waals surface area contributed by atoms with Gasteiger partial charge in [-0.2, -0.15) is 0 Å². The molecule has 4 atom stereocenters. The Balaban J connectivity index is 1.65. The molecule has 4 heteroatoms. The molecule has 1 amide bonds. The average molecular weight is 293 g/mol. The first-order valence-electron chi connectivity index (χ1n) is 8.70. The van der Waals surface area contributed by atoms with Gasteiger partial charge in [0.15, 0.2) is 0 Å². The van der Waals surface area contributed by atoms with Crippen LogP contribution in [0, 0.1) is 17.8 Å². The summed E-state index contributed by atoms with van der Waals surface area (Å²) >= 11 is 0. The SMILES string of the molecule is O=C(O)[C@H]1CCCCN1C(=O)C1CCC2CCCCC2C1. The van der Waals surface area contributed by atoms with Crippen molar-refractivity contribution in [2.45, 2.75) is 70.3 Å². The molecule has 2 saturated carbocycles. The lowest BCUT2D eigenvalue weighted by molar-refractivity contribution is -0.155. The van der Waals surface area contributed by atoms with Crippen molar-refractivity contribution in [3.8, 4) is 0 Å². The first kappa shape index (κ1) is 14.9. The number of carboxylic acids is 1. The molecule has 0 radical (unpaired) electrons. The van der Waals surface area contributed by atoms with Crippen molar-refractivity contribution in [3.63, 3.8) is 0 Å². The number of amides is 1. The van der Waals surface area contributed by atoms with E-state index < -0.39 is 12.0 Å². The molecular formula is C17H27NO3. The van der Waals surface area contributed by atoms with E-state index >= 15 is 0 Å². The Morgan fingerprint density at radius 1 is 0.857 bits per heavy atom. The van der Waals surface area contributed by atoms with Gasteiger partial charge in [-0.05, 0) is 50.4 Å². The van der Waals surface area contributed by atoms with Crippen LogP contribution in [0.3, 0.4) is 0 Å². The summed E-state index contributed by atoms with van der Waals surface area (Å²) in [6.07, 6.45) is 10.9. The van der Waals surface area contributed by atoms with Crippen LogP contribution in [0.5, 0.6) is 0 Å². The number of hydrogen-bond donors (Lipinski definition) is 1. The van der Waals surface area contributed by atoms with Crippen LogP contribution >= 0.6 is 0 Å². The molecule has 4 nitrogen and oxygen atoms in total. The van der Waals surface area contributed by atoms with Crippen molar-refractivity contribution >= 4 is 11.9 Å². The van der Waals surface area contributed by atoms with E-state index in [4.69, 9.17) is 0 Å². The van der Waals surface area contributed by atoms with Crippen molar-refractivity contribution < 1.29 is 14.7 Å². The van der Waals surface area contributed by atoms with Crippen molar-refractivity contribution in [1.29, 1.82) is 0 Å². The van der Waals surface area contributed by atoms with Crippen LogP contribution in [0.15, 0.2) is 0 Å². The predicted octanol–water partition coefficient (Wildman–Crippen LogP) is 3.06. The Morgan fingerprint density at radius 3 is 2.33 bits per heavy atom. The van der Waals surface area contributed by atoms with Gasteiger partial charge in [0.1, 0.15) is 6.04 Å². The fraction of sp³-hybridized carbons (Fsp3) is 0.882. The summed E-state index contributed by atoms with van der Waals surface area (Å²) in [5, 5.41) is 9.35. The summed E-state index contributed by atoms with van der Waals surface area (Å²) in [6.45, 7) is 0.639. The summed E-state index contributed by atoms with van der Waals surface area (Å²) in [5.74, 6) is 0.943. The molecule has 0 bridgehead atoms. The highest BCUT2D eigenvalue weighted by Crippen LogP contribution is 2.43. The molecule has 118 valence electrons. The number of rotatable bonds is 2. The van der Waals surface area contributed by atoms with Gasteiger partial charge >= 0.3 is 5.97 Å². The lowest BCUT2D eigenvalue weighted by atomic mass is 9.67. The maximum Gasteiger partial charge on any atom is 0.326 e. The quantitative estimate of drug-likeness (QED) is 0.851. The molecule has 0 aromatic carbocycles. The zero-order chi connectivity index (χ0) is 14.8. The van der Waals surface area contributed by atoms with Crippen molar-refractivity contribution in [3.05, 3.63) is 0 Å². The highest BCUT2D eigenvalue weighted by molar-refractivity contribution is 5.85. The van der Waals surface area contributed by atoms with Gasteiger partial charge in [0.05, 0.1) is 0 Å². The van der Waals surface area contributed by atoms with E-state index in [1.807, 2.05) is 0 Å². The van der Waals surface area contributed by atoms with Crippen LogP contribution in [0.2, 0.25) is 0 Å². The van der Waals surface area contributed by atoms with Gasteiger partial charge in [-0.3, -0.25) is 4.79 Å². The van der Waals surface area contributed by atoms with Crippen molar-refractivity contribution in [2.24, 2.45) is 17.8 Å².